The van der Waals surface area contributed by atoms with E-state index in [0.717, 1.165) is 5.56 Å². The summed E-state index contributed by atoms with van der Waals surface area (Å²) in [6.45, 7) is 2.07. The van der Waals surface area contributed by atoms with Crippen molar-refractivity contribution in [2.45, 2.75) is 25.6 Å². The van der Waals surface area contributed by atoms with Gasteiger partial charge in [0.15, 0.2) is 0 Å². The van der Waals surface area contributed by atoms with Crippen LogP contribution in [0.4, 0.5) is 0 Å². The van der Waals surface area contributed by atoms with Crippen LogP contribution >= 0.6 is 0 Å². The molecular formula is C25H24O6. The Morgan fingerprint density at radius 1 is 0.806 bits per heavy atom. The van der Waals surface area contributed by atoms with Gasteiger partial charge in [-0.05, 0) is 42.3 Å². The highest BCUT2D eigenvalue weighted by atomic mass is 16.6. The summed E-state index contributed by atoms with van der Waals surface area (Å²) in [5, 5.41) is 9.96. The molecule has 0 aliphatic heterocycles. The fourth-order valence-corrected chi connectivity index (χ4v) is 3.03. The number of aliphatic carboxylic acids is 1. The quantitative estimate of drug-likeness (QED) is 0.390. The summed E-state index contributed by atoms with van der Waals surface area (Å²) in [6.07, 6.45) is -0.199. The van der Waals surface area contributed by atoms with Crippen LogP contribution in [-0.2, 0) is 27.4 Å². The Labute approximate surface area is 181 Å². The van der Waals surface area contributed by atoms with Gasteiger partial charge in [0.25, 0.3) is 0 Å². The molecule has 0 aliphatic carbocycles. The van der Waals surface area contributed by atoms with Crippen LogP contribution < -0.4 is 9.47 Å². The van der Waals surface area contributed by atoms with Crippen LogP contribution in [0.25, 0.3) is 0 Å². The van der Waals surface area contributed by atoms with Crippen molar-refractivity contribution >= 4 is 11.9 Å². The lowest BCUT2D eigenvalue weighted by Gasteiger charge is -2.28. The second kappa shape index (κ2) is 10.3. The van der Waals surface area contributed by atoms with Crippen LogP contribution in [-0.4, -0.2) is 29.3 Å². The van der Waals surface area contributed by atoms with E-state index in [0.29, 0.717) is 17.9 Å². The van der Waals surface area contributed by atoms with Gasteiger partial charge in [-0.2, -0.15) is 0 Å². The van der Waals surface area contributed by atoms with Crippen molar-refractivity contribution < 1.29 is 28.9 Å². The molecule has 0 fully saturated rings. The molecule has 3 aromatic rings. The number of carbonyl (C=O) groups is 2. The van der Waals surface area contributed by atoms with E-state index < -0.39 is 17.5 Å². The molecule has 3 aromatic carbocycles. The van der Waals surface area contributed by atoms with Crippen molar-refractivity contribution in [3.05, 3.63) is 96.1 Å². The van der Waals surface area contributed by atoms with Crippen molar-refractivity contribution in [1.29, 1.82) is 0 Å². The van der Waals surface area contributed by atoms with Gasteiger partial charge in [-0.15, -0.1) is 0 Å². The number of hydrogen-bond donors (Lipinski definition) is 1. The third-order valence-electron chi connectivity index (χ3n) is 4.61. The zero-order chi connectivity index (χ0) is 22.1. The van der Waals surface area contributed by atoms with Gasteiger partial charge >= 0.3 is 17.5 Å². The van der Waals surface area contributed by atoms with Crippen molar-refractivity contribution in [3.63, 3.8) is 0 Å². The van der Waals surface area contributed by atoms with E-state index in [4.69, 9.17) is 14.2 Å². The molecule has 6 nitrogen and oxygen atoms in total. The Kier molecular flexibility index (Phi) is 7.27. The molecule has 0 aliphatic rings. The molecule has 1 N–H and O–H groups in total. The smallest absolute Gasteiger partial charge is 0.362 e. The summed E-state index contributed by atoms with van der Waals surface area (Å²) in [5.41, 5.74) is -0.572. The van der Waals surface area contributed by atoms with E-state index in [1.165, 1.54) is 0 Å². The molecule has 1 unspecified atom stereocenters. The van der Waals surface area contributed by atoms with E-state index in [1.807, 2.05) is 30.3 Å². The molecule has 1 atom stereocenters. The summed E-state index contributed by atoms with van der Waals surface area (Å²) in [4.78, 5) is 24.9. The van der Waals surface area contributed by atoms with Crippen LogP contribution in [0.3, 0.4) is 0 Å². The molecule has 0 amide bonds. The number of carbonyl (C=O) groups excluding carboxylic acids is 1. The molecular weight excluding hydrogens is 396 g/mol. The standard InChI is InChI=1S/C25H24O6/c1-2-29-24(28)25(23(26)27,31-22-11-7-4-8-12-22)17-19-13-15-21(16-14-19)30-18-20-9-5-3-6-10-20/h3-16H,2,17-18H2,1H3,(H,26,27). The van der Waals surface area contributed by atoms with Gasteiger partial charge in [-0.25, -0.2) is 9.59 Å². The largest absolute Gasteiger partial charge is 0.489 e. The lowest BCUT2D eigenvalue weighted by molar-refractivity contribution is -0.176. The average Bonchev–Trinajstić information content (AvgIpc) is 2.79. The Morgan fingerprint density at radius 2 is 1.42 bits per heavy atom. The minimum Gasteiger partial charge on any atom is -0.489 e. The first-order valence-corrected chi connectivity index (χ1v) is 9.94. The minimum absolute atomic E-state index is 0.0400. The molecule has 6 heteroatoms. The molecule has 0 saturated heterocycles. The summed E-state index contributed by atoms with van der Waals surface area (Å²) in [7, 11) is 0. The van der Waals surface area contributed by atoms with Crippen molar-refractivity contribution in [3.8, 4) is 11.5 Å². The predicted molar refractivity (Wildman–Crippen MR) is 115 cm³/mol. The fourth-order valence-electron chi connectivity index (χ4n) is 3.03. The van der Waals surface area contributed by atoms with Crippen LogP contribution in [0.2, 0.25) is 0 Å². The number of ether oxygens (including phenoxy) is 3. The lowest BCUT2D eigenvalue weighted by Crippen LogP contribution is -2.54. The van der Waals surface area contributed by atoms with Crippen LogP contribution in [0.1, 0.15) is 18.1 Å². The van der Waals surface area contributed by atoms with Gasteiger partial charge in [0.2, 0.25) is 0 Å². The first kappa shape index (κ1) is 21.9. The minimum atomic E-state index is -2.20. The molecule has 0 radical (unpaired) electrons. The van der Waals surface area contributed by atoms with Crippen molar-refractivity contribution in [2.24, 2.45) is 0 Å². The third-order valence-corrected chi connectivity index (χ3v) is 4.61. The first-order valence-electron chi connectivity index (χ1n) is 9.94. The second-order valence-electron chi connectivity index (χ2n) is 6.86. The number of para-hydroxylation sites is 1. The van der Waals surface area contributed by atoms with E-state index >= 15 is 0 Å². The van der Waals surface area contributed by atoms with E-state index in [2.05, 4.69) is 0 Å². The zero-order valence-electron chi connectivity index (χ0n) is 17.2. The summed E-state index contributed by atoms with van der Waals surface area (Å²) >= 11 is 0. The molecule has 160 valence electrons. The predicted octanol–water partition coefficient (Wildman–Crippen LogP) is 4.27. The van der Waals surface area contributed by atoms with Gasteiger partial charge in [-0.1, -0.05) is 60.7 Å². The number of carboxylic acids is 1. The Balaban J connectivity index is 1.79. The summed E-state index contributed by atoms with van der Waals surface area (Å²) in [5.74, 6) is -1.47. The number of carboxylic acid groups (broad SMARTS) is 1. The number of hydrogen-bond acceptors (Lipinski definition) is 5. The molecule has 0 saturated carbocycles. The van der Waals surface area contributed by atoms with E-state index in [9.17, 15) is 14.7 Å². The Morgan fingerprint density at radius 3 is 2.00 bits per heavy atom. The average molecular weight is 420 g/mol. The molecule has 0 spiro atoms. The second-order valence-corrected chi connectivity index (χ2v) is 6.86. The van der Waals surface area contributed by atoms with Crippen molar-refractivity contribution in [2.75, 3.05) is 6.61 Å². The fraction of sp³-hybridized carbons (Fsp3) is 0.200. The van der Waals surface area contributed by atoms with Gasteiger partial charge in [0, 0.05) is 6.42 Å². The highest BCUT2D eigenvalue weighted by molar-refractivity contribution is 6.03. The molecule has 0 aromatic heterocycles. The van der Waals surface area contributed by atoms with Gasteiger partial charge < -0.3 is 19.3 Å². The normalized spacial score (nSPS) is 12.4. The van der Waals surface area contributed by atoms with Gasteiger partial charge in [-0.3, -0.25) is 0 Å². The Bertz CT molecular complexity index is 986. The van der Waals surface area contributed by atoms with Gasteiger partial charge in [0.05, 0.1) is 6.61 Å². The molecule has 3 rings (SSSR count). The maximum absolute atomic E-state index is 12.7. The summed E-state index contributed by atoms with van der Waals surface area (Å²) in [6, 6.07) is 25.0. The SMILES string of the molecule is CCOC(=O)C(Cc1ccc(OCc2ccccc2)cc1)(Oc1ccccc1)C(=O)O. The monoisotopic (exact) mass is 420 g/mol. The third kappa shape index (κ3) is 5.63. The highest BCUT2D eigenvalue weighted by Crippen LogP contribution is 2.26. The maximum atomic E-state index is 12.7. The topological polar surface area (TPSA) is 82.1 Å². The molecule has 31 heavy (non-hydrogen) atoms. The molecule has 0 heterocycles. The summed E-state index contributed by atoms with van der Waals surface area (Å²) < 4.78 is 16.5. The first-order chi connectivity index (χ1) is 15.0. The van der Waals surface area contributed by atoms with Crippen LogP contribution in [0.5, 0.6) is 11.5 Å². The molecule has 0 bridgehead atoms. The maximum Gasteiger partial charge on any atom is 0.362 e. The number of benzene rings is 3. The number of rotatable bonds is 10. The Hall–Kier alpha value is -3.80. The van der Waals surface area contributed by atoms with Crippen LogP contribution in [0.15, 0.2) is 84.9 Å². The van der Waals surface area contributed by atoms with E-state index in [-0.39, 0.29) is 18.8 Å². The van der Waals surface area contributed by atoms with Crippen molar-refractivity contribution in [1.82, 2.24) is 0 Å². The highest BCUT2D eigenvalue weighted by Gasteiger charge is 2.51. The van der Waals surface area contributed by atoms with Crippen LogP contribution in [0, 0.1) is 0 Å². The zero-order valence-corrected chi connectivity index (χ0v) is 17.2. The number of esters is 1. The lowest BCUT2D eigenvalue weighted by atomic mass is 9.94. The van der Waals surface area contributed by atoms with E-state index in [1.54, 1.807) is 61.5 Å². The van der Waals surface area contributed by atoms with Gasteiger partial charge in [0.1, 0.15) is 18.1 Å².